The zero-order chi connectivity index (χ0) is 12.5. The minimum atomic E-state index is 0.155. The molecule has 1 heterocycles. The highest BCUT2D eigenvalue weighted by Crippen LogP contribution is 2.16. The Kier molecular flexibility index (Phi) is 7.62. The number of hydrogen-bond donors (Lipinski definition) is 1. The van der Waals surface area contributed by atoms with E-state index >= 15 is 0 Å². The van der Waals surface area contributed by atoms with Crippen molar-refractivity contribution in [1.82, 2.24) is 5.32 Å². The fourth-order valence-electron chi connectivity index (χ4n) is 2.26. The Morgan fingerprint density at radius 1 is 1.41 bits per heavy atom. The zero-order valence-electron chi connectivity index (χ0n) is 10.7. The molecule has 1 amide bonds. The van der Waals surface area contributed by atoms with Crippen LogP contribution in [0.2, 0.25) is 0 Å². The molecule has 0 radical (unpaired) electrons. The first-order valence-corrected chi connectivity index (χ1v) is 7.22. The van der Waals surface area contributed by atoms with Gasteiger partial charge in [-0.2, -0.15) is 0 Å². The van der Waals surface area contributed by atoms with E-state index in [4.69, 9.17) is 16.3 Å². The van der Waals surface area contributed by atoms with Gasteiger partial charge in [-0.05, 0) is 31.6 Å². The second-order valence-electron chi connectivity index (χ2n) is 4.76. The minimum absolute atomic E-state index is 0.155. The SMILES string of the molecule is CCCC(CCCl)CNC(=O)C1CCOCC1. The van der Waals surface area contributed by atoms with Crippen molar-refractivity contribution in [1.29, 1.82) is 0 Å². The predicted molar refractivity (Wildman–Crippen MR) is 70.3 cm³/mol. The van der Waals surface area contributed by atoms with Crippen LogP contribution in [0.1, 0.15) is 39.0 Å². The molecule has 0 aromatic rings. The standard InChI is InChI=1S/C13H24ClNO2/c1-2-3-11(4-7-14)10-15-13(16)12-5-8-17-9-6-12/h11-12H,2-10H2,1H3,(H,15,16). The van der Waals surface area contributed by atoms with Gasteiger partial charge in [0.25, 0.3) is 0 Å². The van der Waals surface area contributed by atoms with Gasteiger partial charge >= 0.3 is 0 Å². The van der Waals surface area contributed by atoms with Crippen LogP contribution in [0.3, 0.4) is 0 Å². The third-order valence-corrected chi connectivity index (χ3v) is 3.59. The van der Waals surface area contributed by atoms with E-state index < -0.39 is 0 Å². The summed E-state index contributed by atoms with van der Waals surface area (Å²) in [6, 6.07) is 0. The Bertz CT molecular complexity index is 211. The molecule has 0 spiro atoms. The summed E-state index contributed by atoms with van der Waals surface area (Å²) in [5, 5.41) is 3.07. The van der Waals surface area contributed by atoms with Crippen molar-refractivity contribution in [2.75, 3.05) is 25.6 Å². The van der Waals surface area contributed by atoms with Gasteiger partial charge in [0.15, 0.2) is 0 Å². The minimum Gasteiger partial charge on any atom is -0.381 e. The second-order valence-corrected chi connectivity index (χ2v) is 5.14. The Morgan fingerprint density at radius 2 is 2.12 bits per heavy atom. The van der Waals surface area contributed by atoms with Gasteiger partial charge in [0.1, 0.15) is 0 Å². The van der Waals surface area contributed by atoms with Crippen molar-refractivity contribution in [2.45, 2.75) is 39.0 Å². The lowest BCUT2D eigenvalue weighted by molar-refractivity contribution is -0.128. The summed E-state index contributed by atoms with van der Waals surface area (Å²) in [5.74, 6) is 1.56. The van der Waals surface area contributed by atoms with Gasteiger partial charge in [-0.3, -0.25) is 4.79 Å². The van der Waals surface area contributed by atoms with Crippen LogP contribution in [0.15, 0.2) is 0 Å². The highest BCUT2D eigenvalue weighted by molar-refractivity contribution is 6.17. The average molecular weight is 262 g/mol. The third-order valence-electron chi connectivity index (χ3n) is 3.37. The van der Waals surface area contributed by atoms with Gasteiger partial charge in [0, 0.05) is 31.6 Å². The number of halogens is 1. The van der Waals surface area contributed by atoms with Crippen LogP contribution >= 0.6 is 11.6 Å². The molecule has 17 heavy (non-hydrogen) atoms. The zero-order valence-corrected chi connectivity index (χ0v) is 11.5. The monoisotopic (exact) mass is 261 g/mol. The topological polar surface area (TPSA) is 38.3 Å². The van der Waals surface area contributed by atoms with Crippen LogP contribution < -0.4 is 5.32 Å². The van der Waals surface area contributed by atoms with Crippen LogP contribution in [0.4, 0.5) is 0 Å². The first kappa shape index (κ1) is 14.8. The number of alkyl halides is 1. The molecular formula is C13H24ClNO2. The largest absolute Gasteiger partial charge is 0.381 e. The quantitative estimate of drug-likeness (QED) is 0.716. The number of ether oxygens (including phenoxy) is 1. The molecule has 0 aliphatic carbocycles. The summed E-state index contributed by atoms with van der Waals surface area (Å²) in [5.41, 5.74) is 0. The predicted octanol–water partition coefficient (Wildman–Crippen LogP) is 2.57. The molecule has 0 aromatic heterocycles. The van der Waals surface area contributed by atoms with Crippen molar-refractivity contribution in [2.24, 2.45) is 11.8 Å². The van der Waals surface area contributed by atoms with Crippen molar-refractivity contribution in [3.05, 3.63) is 0 Å². The Morgan fingerprint density at radius 3 is 2.71 bits per heavy atom. The van der Waals surface area contributed by atoms with Gasteiger partial charge in [-0.15, -0.1) is 11.6 Å². The van der Waals surface area contributed by atoms with Crippen LogP contribution in [0.25, 0.3) is 0 Å². The molecular weight excluding hydrogens is 238 g/mol. The lowest BCUT2D eigenvalue weighted by Crippen LogP contribution is -2.37. The van der Waals surface area contributed by atoms with Crippen molar-refractivity contribution >= 4 is 17.5 Å². The molecule has 1 aliphatic heterocycles. The van der Waals surface area contributed by atoms with Crippen molar-refractivity contribution in [3.63, 3.8) is 0 Å². The van der Waals surface area contributed by atoms with E-state index in [1.54, 1.807) is 0 Å². The lowest BCUT2D eigenvalue weighted by atomic mass is 9.97. The summed E-state index contributed by atoms with van der Waals surface area (Å²) in [6.45, 7) is 4.38. The molecule has 1 unspecified atom stereocenters. The molecule has 0 bridgehead atoms. The number of nitrogens with one attached hydrogen (secondary N) is 1. The van der Waals surface area contributed by atoms with E-state index in [0.29, 0.717) is 11.8 Å². The number of amides is 1. The normalized spacial score (nSPS) is 18.9. The number of carbonyl (C=O) groups excluding carboxylic acids is 1. The van der Waals surface area contributed by atoms with Gasteiger partial charge < -0.3 is 10.1 Å². The number of hydrogen-bond acceptors (Lipinski definition) is 2. The number of carbonyl (C=O) groups is 1. The summed E-state index contributed by atoms with van der Waals surface area (Å²) < 4.78 is 5.26. The molecule has 1 fully saturated rings. The average Bonchev–Trinajstić information content (AvgIpc) is 2.37. The highest BCUT2D eigenvalue weighted by atomic mass is 35.5. The maximum atomic E-state index is 11.9. The maximum absolute atomic E-state index is 11.9. The highest BCUT2D eigenvalue weighted by Gasteiger charge is 2.21. The second kappa shape index (κ2) is 8.76. The third kappa shape index (κ3) is 5.73. The summed E-state index contributed by atoms with van der Waals surface area (Å²) in [4.78, 5) is 11.9. The maximum Gasteiger partial charge on any atom is 0.223 e. The molecule has 1 rings (SSSR count). The first-order chi connectivity index (χ1) is 8.27. The smallest absolute Gasteiger partial charge is 0.223 e. The molecule has 1 saturated heterocycles. The first-order valence-electron chi connectivity index (χ1n) is 6.69. The molecule has 3 nitrogen and oxygen atoms in total. The lowest BCUT2D eigenvalue weighted by Gasteiger charge is -2.23. The molecule has 1 N–H and O–H groups in total. The molecule has 1 atom stereocenters. The Hall–Kier alpha value is -0.280. The van der Waals surface area contributed by atoms with Crippen molar-refractivity contribution in [3.8, 4) is 0 Å². The van der Waals surface area contributed by atoms with Gasteiger partial charge in [0.2, 0.25) is 5.91 Å². The van der Waals surface area contributed by atoms with Crippen LogP contribution in [-0.4, -0.2) is 31.5 Å². The number of rotatable bonds is 7. The van der Waals surface area contributed by atoms with Crippen LogP contribution in [0.5, 0.6) is 0 Å². The van der Waals surface area contributed by atoms with Crippen LogP contribution in [0, 0.1) is 11.8 Å². The van der Waals surface area contributed by atoms with E-state index in [1.165, 1.54) is 0 Å². The summed E-state index contributed by atoms with van der Waals surface area (Å²) in [6.07, 6.45) is 5.00. The summed E-state index contributed by atoms with van der Waals surface area (Å²) in [7, 11) is 0. The molecule has 100 valence electrons. The van der Waals surface area contributed by atoms with E-state index in [-0.39, 0.29) is 11.8 Å². The van der Waals surface area contributed by atoms with Gasteiger partial charge in [-0.25, -0.2) is 0 Å². The van der Waals surface area contributed by atoms with E-state index in [9.17, 15) is 4.79 Å². The molecule has 4 heteroatoms. The Balaban J connectivity index is 2.24. The molecule has 0 saturated carbocycles. The Labute approximate surface area is 109 Å². The van der Waals surface area contributed by atoms with Crippen LogP contribution in [-0.2, 0) is 9.53 Å². The van der Waals surface area contributed by atoms with Gasteiger partial charge in [-0.1, -0.05) is 13.3 Å². The molecule has 1 aliphatic rings. The summed E-state index contributed by atoms with van der Waals surface area (Å²) >= 11 is 5.77. The fraction of sp³-hybridized carbons (Fsp3) is 0.923. The fourth-order valence-corrected chi connectivity index (χ4v) is 2.57. The van der Waals surface area contributed by atoms with Gasteiger partial charge in [0.05, 0.1) is 0 Å². The van der Waals surface area contributed by atoms with E-state index in [1.807, 2.05) is 0 Å². The molecule has 0 aromatic carbocycles. The van der Waals surface area contributed by atoms with Crippen molar-refractivity contribution < 1.29 is 9.53 Å². The van der Waals surface area contributed by atoms with E-state index in [0.717, 1.165) is 51.9 Å². The van der Waals surface area contributed by atoms with E-state index in [2.05, 4.69) is 12.2 Å².